The standard InChI is InChI=1S/C34H36Cl6O8/c1-31(2)9-7-11-33(31,5)15-45-27(41)21-23(39)17(35)13-19(37)25(21)47-29(43)30(44)48-26-20(38)14-18(36)24(40)22(26)28(42)46-16-34(6)12-8-10-32(34,3)4/h13-14H,7-12,15-16H2,1-6H3. The van der Waals surface area contributed by atoms with Gasteiger partial charge >= 0.3 is 23.9 Å². The van der Waals surface area contributed by atoms with Gasteiger partial charge in [0.25, 0.3) is 0 Å². The molecule has 0 saturated heterocycles. The van der Waals surface area contributed by atoms with Crippen molar-refractivity contribution in [2.75, 3.05) is 13.2 Å². The van der Waals surface area contributed by atoms with E-state index in [1.807, 2.05) is 13.8 Å². The van der Waals surface area contributed by atoms with Crippen LogP contribution >= 0.6 is 69.6 Å². The van der Waals surface area contributed by atoms with E-state index in [0.29, 0.717) is 0 Å². The molecule has 0 heterocycles. The first-order valence-corrected chi connectivity index (χ1v) is 17.5. The number of rotatable bonds is 8. The summed E-state index contributed by atoms with van der Waals surface area (Å²) in [7, 11) is 0. The largest absolute Gasteiger partial charge is 0.461 e. The summed E-state index contributed by atoms with van der Waals surface area (Å²) in [6.45, 7) is 12.5. The van der Waals surface area contributed by atoms with Crippen LogP contribution in [0.5, 0.6) is 11.5 Å². The maximum absolute atomic E-state index is 13.4. The van der Waals surface area contributed by atoms with E-state index in [-0.39, 0.29) is 65.0 Å². The molecule has 2 saturated carbocycles. The number of ether oxygens (including phenoxy) is 4. The molecule has 4 rings (SSSR count). The van der Waals surface area contributed by atoms with Gasteiger partial charge in [-0.2, -0.15) is 0 Å². The number of hydrogen-bond acceptors (Lipinski definition) is 8. The minimum absolute atomic E-state index is 0.0417. The van der Waals surface area contributed by atoms with Crippen LogP contribution in [0.15, 0.2) is 12.1 Å². The molecular weight excluding hydrogens is 749 g/mol. The van der Waals surface area contributed by atoms with Gasteiger partial charge in [-0.05, 0) is 48.6 Å². The average Bonchev–Trinajstić information content (AvgIpc) is 3.43. The SMILES string of the molecule is CC1(C)CCCC1(C)COC(=O)c1c(Cl)c(Cl)cc(Cl)c1OC(=O)C(=O)Oc1c(Cl)cc(Cl)c(Cl)c1C(=O)OCC1(C)CCCC1(C)C. The third kappa shape index (κ3) is 7.54. The van der Waals surface area contributed by atoms with Gasteiger partial charge in [-0.15, -0.1) is 0 Å². The van der Waals surface area contributed by atoms with Gasteiger partial charge < -0.3 is 18.9 Å². The Balaban J connectivity index is 1.57. The Bertz CT molecular complexity index is 1550. The first kappa shape index (κ1) is 38.9. The lowest BCUT2D eigenvalue weighted by Gasteiger charge is -2.37. The molecule has 2 aromatic carbocycles. The molecule has 2 aromatic rings. The Morgan fingerprint density at radius 2 is 0.896 bits per heavy atom. The number of halogens is 6. The lowest BCUT2D eigenvalue weighted by atomic mass is 9.70. The first-order valence-electron chi connectivity index (χ1n) is 15.3. The highest BCUT2D eigenvalue weighted by Gasteiger charge is 2.47. The molecule has 2 fully saturated rings. The van der Waals surface area contributed by atoms with Gasteiger partial charge in [-0.1, -0.05) is 124 Å². The monoisotopic (exact) mass is 782 g/mol. The summed E-state index contributed by atoms with van der Waals surface area (Å²) in [5.74, 6) is -6.39. The molecular formula is C34H36Cl6O8. The normalized spacial score (nSPS) is 22.7. The van der Waals surface area contributed by atoms with Gasteiger partial charge in [0.1, 0.15) is 11.1 Å². The predicted molar refractivity (Wildman–Crippen MR) is 186 cm³/mol. The Kier molecular flexibility index (Phi) is 11.6. The minimum atomic E-state index is -1.64. The van der Waals surface area contributed by atoms with Crippen molar-refractivity contribution in [3.63, 3.8) is 0 Å². The smallest absolute Gasteiger partial charge is 0.423 e. The van der Waals surface area contributed by atoms with E-state index in [0.717, 1.165) is 50.7 Å². The van der Waals surface area contributed by atoms with Gasteiger partial charge in [-0.3, -0.25) is 0 Å². The fourth-order valence-corrected chi connectivity index (χ4v) is 7.68. The number of esters is 4. The molecule has 262 valence electrons. The van der Waals surface area contributed by atoms with Crippen LogP contribution in [0.2, 0.25) is 30.1 Å². The van der Waals surface area contributed by atoms with E-state index in [2.05, 4.69) is 27.7 Å². The van der Waals surface area contributed by atoms with E-state index >= 15 is 0 Å². The van der Waals surface area contributed by atoms with Crippen molar-refractivity contribution in [2.45, 2.75) is 80.1 Å². The first-order chi connectivity index (χ1) is 22.1. The lowest BCUT2D eigenvalue weighted by molar-refractivity contribution is -0.156. The summed E-state index contributed by atoms with van der Waals surface area (Å²) in [5, 5.41) is -1.49. The summed E-state index contributed by atoms with van der Waals surface area (Å²) in [6, 6.07) is 2.27. The maximum atomic E-state index is 13.4. The van der Waals surface area contributed by atoms with Crippen molar-refractivity contribution in [3.05, 3.63) is 53.4 Å². The Morgan fingerprint density at radius 1 is 0.562 bits per heavy atom. The van der Waals surface area contributed by atoms with Gasteiger partial charge in [0.05, 0.1) is 43.3 Å². The van der Waals surface area contributed by atoms with E-state index in [1.54, 1.807) is 0 Å². The van der Waals surface area contributed by atoms with Crippen LogP contribution in [-0.2, 0) is 19.1 Å². The summed E-state index contributed by atoms with van der Waals surface area (Å²) in [4.78, 5) is 52.9. The highest BCUT2D eigenvalue weighted by atomic mass is 35.5. The van der Waals surface area contributed by atoms with Crippen molar-refractivity contribution < 1.29 is 38.1 Å². The molecule has 2 aliphatic rings. The van der Waals surface area contributed by atoms with Crippen LogP contribution in [0.3, 0.4) is 0 Å². The second kappa shape index (κ2) is 14.4. The molecule has 0 aromatic heterocycles. The molecule has 0 radical (unpaired) electrons. The average molecular weight is 785 g/mol. The Labute approximate surface area is 309 Å². The fourth-order valence-electron chi connectivity index (χ4n) is 6.24. The molecule has 0 bridgehead atoms. The van der Waals surface area contributed by atoms with Crippen LogP contribution in [0.25, 0.3) is 0 Å². The zero-order valence-electron chi connectivity index (χ0n) is 27.3. The topological polar surface area (TPSA) is 105 Å². The summed E-state index contributed by atoms with van der Waals surface area (Å²) < 4.78 is 21.8. The summed E-state index contributed by atoms with van der Waals surface area (Å²) in [6.07, 6.45) is 5.50. The fraction of sp³-hybridized carbons (Fsp3) is 0.529. The third-order valence-corrected chi connectivity index (χ3v) is 12.7. The summed E-state index contributed by atoms with van der Waals surface area (Å²) in [5.41, 5.74) is -1.80. The van der Waals surface area contributed by atoms with Crippen molar-refractivity contribution >= 4 is 93.5 Å². The van der Waals surface area contributed by atoms with E-state index in [9.17, 15) is 19.2 Å². The predicted octanol–water partition coefficient (Wildman–Crippen LogP) is 10.9. The Hall–Kier alpha value is -1.94. The quantitative estimate of drug-likeness (QED) is 0.113. The van der Waals surface area contributed by atoms with Gasteiger partial charge in [0.15, 0.2) is 11.5 Å². The van der Waals surface area contributed by atoms with Crippen molar-refractivity contribution in [1.82, 2.24) is 0 Å². The number of hydrogen-bond donors (Lipinski definition) is 0. The second-order valence-corrected chi connectivity index (χ2v) is 16.6. The number of benzene rings is 2. The van der Waals surface area contributed by atoms with Crippen molar-refractivity contribution in [3.8, 4) is 11.5 Å². The van der Waals surface area contributed by atoms with E-state index < -0.39 is 46.5 Å². The third-order valence-electron chi connectivity index (χ3n) is 10.6. The second-order valence-electron chi connectivity index (χ2n) is 14.2. The molecule has 0 spiro atoms. The van der Waals surface area contributed by atoms with Gasteiger partial charge in [0, 0.05) is 10.8 Å². The molecule has 2 unspecified atom stereocenters. The highest BCUT2D eigenvalue weighted by Crippen LogP contribution is 2.54. The molecule has 0 N–H and O–H groups in total. The maximum Gasteiger partial charge on any atom is 0.423 e. The van der Waals surface area contributed by atoms with E-state index in [4.69, 9.17) is 88.6 Å². The lowest BCUT2D eigenvalue weighted by Crippen LogP contribution is -2.35. The van der Waals surface area contributed by atoms with Crippen LogP contribution in [0.4, 0.5) is 0 Å². The zero-order chi connectivity index (χ0) is 36.0. The van der Waals surface area contributed by atoms with Crippen LogP contribution in [-0.4, -0.2) is 37.1 Å². The summed E-state index contributed by atoms with van der Waals surface area (Å²) >= 11 is 37.7. The molecule has 2 atom stereocenters. The molecule has 0 amide bonds. The molecule has 48 heavy (non-hydrogen) atoms. The van der Waals surface area contributed by atoms with Gasteiger partial charge in [0.2, 0.25) is 0 Å². The minimum Gasteiger partial charge on any atom is -0.461 e. The zero-order valence-corrected chi connectivity index (χ0v) is 31.9. The van der Waals surface area contributed by atoms with E-state index in [1.165, 1.54) is 0 Å². The Morgan fingerprint density at radius 3 is 1.19 bits per heavy atom. The molecule has 8 nitrogen and oxygen atoms in total. The number of carbonyl (C=O) groups is 4. The van der Waals surface area contributed by atoms with Crippen LogP contribution in [0, 0.1) is 21.7 Å². The molecule has 2 aliphatic carbocycles. The van der Waals surface area contributed by atoms with Crippen LogP contribution in [0.1, 0.15) is 101 Å². The molecule has 14 heteroatoms. The van der Waals surface area contributed by atoms with Crippen molar-refractivity contribution in [2.24, 2.45) is 21.7 Å². The molecule has 0 aliphatic heterocycles. The van der Waals surface area contributed by atoms with Gasteiger partial charge in [-0.25, -0.2) is 19.2 Å². The van der Waals surface area contributed by atoms with Crippen molar-refractivity contribution in [1.29, 1.82) is 0 Å². The highest BCUT2D eigenvalue weighted by molar-refractivity contribution is 6.47. The van der Waals surface area contributed by atoms with Crippen LogP contribution < -0.4 is 9.47 Å². The number of carbonyl (C=O) groups excluding carboxylic acids is 4.